The number of hydrogen-bond acceptors (Lipinski definition) is 6. The molecular weight excluding hydrogens is 364 g/mol. The molecule has 2 heterocycles. The number of ether oxygens (including phenoxy) is 4. The van der Waals surface area contributed by atoms with Crippen LogP contribution in [0.5, 0.6) is 11.5 Å². The fourth-order valence-corrected chi connectivity index (χ4v) is 3.43. The molecule has 2 N–H and O–H groups in total. The Kier molecular flexibility index (Phi) is 6.41. The normalized spacial score (nSPS) is 24.3. The molecule has 2 amide bonds. The van der Waals surface area contributed by atoms with E-state index in [0.29, 0.717) is 36.0 Å². The highest BCUT2D eigenvalue weighted by molar-refractivity contribution is 5.85. The van der Waals surface area contributed by atoms with Crippen molar-refractivity contribution in [2.75, 3.05) is 26.9 Å². The van der Waals surface area contributed by atoms with Crippen molar-refractivity contribution in [2.45, 2.75) is 31.9 Å². The standard InChI is InChI=1S/C20H26N2O6/c1-4-26-15-8-7-13(10-16(15)25-3)18-17(12(2)21-20(24)22-18)19(23)28-11-14-6-5-9-27-14/h7-8,10,14,17-18H,2,4-6,9,11H2,1,3H3,(H2,21,22,24). The number of amides is 2. The lowest BCUT2D eigenvalue weighted by atomic mass is 9.89. The Bertz CT molecular complexity index is 744. The van der Waals surface area contributed by atoms with Crippen molar-refractivity contribution in [3.63, 3.8) is 0 Å². The number of rotatable bonds is 7. The molecule has 1 aromatic rings. The Hall–Kier alpha value is -2.74. The molecule has 3 atom stereocenters. The predicted molar refractivity (Wildman–Crippen MR) is 101 cm³/mol. The highest BCUT2D eigenvalue weighted by Gasteiger charge is 2.39. The zero-order valence-electron chi connectivity index (χ0n) is 16.2. The quantitative estimate of drug-likeness (QED) is 0.694. The molecule has 152 valence electrons. The minimum Gasteiger partial charge on any atom is -0.493 e. The first kappa shape index (κ1) is 20.0. The molecule has 0 saturated carbocycles. The van der Waals surface area contributed by atoms with Crippen LogP contribution in [0.4, 0.5) is 4.79 Å². The number of hydrogen-bond donors (Lipinski definition) is 2. The highest BCUT2D eigenvalue weighted by Crippen LogP contribution is 2.36. The maximum Gasteiger partial charge on any atom is 0.319 e. The second-order valence-electron chi connectivity index (χ2n) is 6.69. The lowest BCUT2D eigenvalue weighted by molar-refractivity contribution is -0.151. The van der Waals surface area contributed by atoms with Gasteiger partial charge in [-0.1, -0.05) is 12.6 Å². The van der Waals surface area contributed by atoms with Crippen molar-refractivity contribution in [1.29, 1.82) is 0 Å². The second kappa shape index (κ2) is 8.97. The van der Waals surface area contributed by atoms with Crippen molar-refractivity contribution < 1.29 is 28.5 Å². The first-order chi connectivity index (χ1) is 13.5. The summed E-state index contributed by atoms with van der Waals surface area (Å²) in [5.41, 5.74) is 0.981. The Morgan fingerprint density at radius 2 is 2.18 bits per heavy atom. The SMILES string of the molecule is C=C1NC(=O)NC(c2ccc(OCC)c(OC)c2)C1C(=O)OCC1CCCO1. The van der Waals surface area contributed by atoms with Crippen LogP contribution < -0.4 is 20.1 Å². The van der Waals surface area contributed by atoms with Crippen LogP contribution in [-0.4, -0.2) is 45.0 Å². The first-order valence-electron chi connectivity index (χ1n) is 9.38. The third-order valence-electron chi connectivity index (χ3n) is 4.81. The van der Waals surface area contributed by atoms with Gasteiger partial charge in [-0.05, 0) is 37.5 Å². The van der Waals surface area contributed by atoms with E-state index in [1.165, 1.54) is 7.11 Å². The monoisotopic (exact) mass is 390 g/mol. The van der Waals surface area contributed by atoms with Crippen molar-refractivity contribution in [2.24, 2.45) is 5.92 Å². The van der Waals surface area contributed by atoms with E-state index < -0.39 is 24.0 Å². The van der Waals surface area contributed by atoms with E-state index in [1.54, 1.807) is 18.2 Å². The molecule has 0 aliphatic carbocycles. The van der Waals surface area contributed by atoms with Crippen molar-refractivity contribution in [3.05, 3.63) is 36.0 Å². The Balaban J connectivity index is 1.81. The smallest absolute Gasteiger partial charge is 0.319 e. The summed E-state index contributed by atoms with van der Waals surface area (Å²) in [6.07, 6.45) is 1.75. The highest BCUT2D eigenvalue weighted by atomic mass is 16.6. The van der Waals surface area contributed by atoms with Crippen molar-refractivity contribution in [1.82, 2.24) is 10.6 Å². The molecular formula is C20H26N2O6. The van der Waals surface area contributed by atoms with Gasteiger partial charge in [0.1, 0.15) is 12.5 Å². The van der Waals surface area contributed by atoms with E-state index in [1.807, 2.05) is 6.92 Å². The van der Waals surface area contributed by atoms with Crippen LogP contribution >= 0.6 is 0 Å². The van der Waals surface area contributed by atoms with E-state index in [2.05, 4.69) is 17.2 Å². The van der Waals surface area contributed by atoms with Gasteiger partial charge in [0.2, 0.25) is 0 Å². The number of carbonyl (C=O) groups is 2. The summed E-state index contributed by atoms with van der Waals surface area (Å²) >= 11 is 0. The van der Waals surface area contributed by atoms with Gasteiger partial charge in [0.25, 0.3) is 0 Å². The van der Waals surface area contributed by atoms with E-state index in [9.17, 15) is 9.59 Å². The molecule has 3 rings (SSSR count). The Labute approximate surface area is 164 Å². The number of urea groups is 1. The Morgan fingerprint density at radius 1 is 1.36 bits per heavy atom. The summed E-state index contributed by atoms with van der Waals surface area (Å²) in [7, 11) is 1.54. The van der Waals surface area contributed by atoms with Crippen LogP contribution in [0.3, 0.4) is 0 Å². The average Bonchev–Trinajstić information content (AvgIpc) is 3.19. The van der Waals surface area contributed by atoms with E-state index in [0.717, 1.165) is 12.8 Å². The molecule has 2 aliphatic heterocycles. The molecule has 0 radical (unpaired) electrons. The van der Waals surface area contributed by atoms with Gasteiger partial charge in [-0.15, -0.1) is 0 Å². The first-order valence-corrected chi connectivity index (χ1v) is 9.38. The summed E-state index contributed by atoms with van der Waals surface area (Å²) in [5.74, 6) is -0.137. The molecule has 2 fully saturated rings. The van der Waals surface area contributed by atoms with Gasteiger partial charge < -0.3 is 29.6 Å². The van der Waals surface area contributed by atoms with Gasteiger partial charge in [0.05, 0.1) is 25.9 Å². The molecule has 1 aromatic carbocycles. The molecule has 2 saturated heterocycles. The van der Waals surface area contributed by atoms with E-state index in [-0.39, 0.29) is 12.7 Å². The number of methoxy groups -OCH3 is 1. The maximum atomic E-state index is 12.8. The van der Waals surface area contributed by atoms with Crippen molar-refractivity contribution in [3.8, 4) is 11.5 Å². The van der Waals surface area contributed by atoms with Gasteiger partial charge in [0, 0.05) is 12.3 Å². The van der Waals surface area contributed by atoms with Crippen LogP contribution in [0.2, 0.25) is 0 Å². The van der Waals surface area contributed by atoms with E-state index >= 15 is 0 Å². The number of esters is 1. The molecule has 0 bridgehead atoms. The number of nitrogens with one attached hydrogen (secondary N) is 2. The molecule has 8 heteroatoms. The van der Waals surface area contributed by atoms with Gasteiger partial charge in [-0.2, -0.15) is 0 Å². The number of carbonyl (C=O) groups excluding carboxylic acids is 2. The zero-order valence-corrected chi connectivity index (χ0v) is 16.2. The molecule has 3 unspecified atom stereocenters. The summed E-state index contributed by atoms with van der Waals surface area (Å²) in [5, 5.41) is 5.35. The molecule has 0 spiro atoms. The third-order valence-corrected chi connectivity index (χ3v) is 4.81. The molecule has 8 nitrogen and oxygen atoms in total. The van der Waals surface area contributed by atoms with Crippen LogP contribution in [0.25, 0.3) is 0 Å². The lowest BCUT2D eigenvalue weighted by Crippen LogP contribution is -2.51. The molecule has 0 aromatic heterocycles. The maximum absolute atomic E-state index is 12.8. The molecule has 28 heavy (non-hydrogen) atoms. The fraction of sp³-hybridized carbons (Fsp3) is 0.500. The minimum absolute atomic E-state index is 0.0765. The van der Waals surface area contributed by atoms with Crippen LogP contribution in [0.15, 0.2) is 30.5 Å². The van der Waals surface area contributed by atoms with Crippen LogP contribution in [-0.2, 0) is 14.3 Å². The van der Waals surface area contributed by atoms with Gasteiger partial charge in [-0.25, -0.2) is 4.79 Å². The van der Waals surface area contributed by atoms with Crippen LogP contribution in [0, 0.1) is 5.92 Å². The summed E-state index contributed by atoms with van der Waals surface area (Å²) in [6, 6.07) is 4.23. The largest absolute Gasteiger partial charge is 0.493 e. The van der Waals surface area contributed by atoms with Crippen molar-refractivity contribution >= 4 is 12.0 Å². The average molecular weight is 390 g/mol. The summed E-state index contributed by atoms with van der Waals surface area (Å²) in [4.78, 5) is 24.8. The van der Waals surface area contributed by atoms with Gasteiger partial charge >= 0.3 is 12.0 Å². The summed E-state index contributed by atoms with van der Waals surface area (Å²) < 4.78 is 21.9. The Morgan fingerprint density at radius 3 is 2.86 bits per heavy atom. The fourth-order valence-electron chi connectivity index (χ4n) is 3.43. The third kappa shape index (κ3) is 4.39. The minimum atomic E-state index is -0.776. The molecule has 2 aliphatic rings. The number of benzene rings is 1. The van der Waals surface area contributed by atoms with Gasteiger partial charge in [0.15, 0.2) is 11.5 Å². The summed E-state index contributed by atoms with van der Waals surface area (Å²) in [6.45, 7) is 7.10. The second-order valence-corrected chi connectivity index (χ2v) is 6.69. The van der Waals surface area contributed by atoms with Crippen LogP contribution in [0.1, 0.15) is 31.4 Å². The van der Waals surface area contributed by atoms with E-state index in [4.69, 9.17) is 18.9 Å². The predicted octanol–water partition coefficient (Wildman–Crippen LogP) is 2.30. The topological polar surface area (TPSA) is 95.1 Å². The zero-order chi connectivity index (χ0) is 20.1. The lowest BCUT2D eigenvalue weighted by Gasteiger charge is -2.33. The van der Waals surface area contributed by atoms with Gasteiger partial charge in [-0.3, -0.25) is 4.79 Å².